The van der Waals surface area contributed by atoms with Crippen LogP contribution in [0.5, 0.6) is 0 Å². The molecule has 0 bridgehead atoms. The van der Waals surface area contributed by atoms with Crippen molar-refractivity contribution in [1.29, 1.82) is 0 Å². The first-order valence-electron chi connectivity index (χ1n) is 9.92. The van der Waals surface area contributed by atoms with Crippen LogP contribution in [0, 0.1) is 11.6 Å². The second-order valence-electron chi connectivity index (χ2n) is 8.42. The lowest BCUT2D eigenvalue weighted by atomic mass is 10.2. The number of hydrogen-bond donors (Lipinski definition) is 2. The minimum atomic E-state index is -0.999. The third-order valence-corrected chi connectivity index (χ3v) is 5.01. The van der Waals surface area contributed by atoms with E-state index >= 15 is 0 Å². The molecule has 0 aliphatic carbocycles. The highest BCUT2D eigenvalue weighted by atomic mass is 19.2. The number of fused-ring (bicyclic) bond motifs is 2. The summed E-state index contributed by atoms with van der Waals surface area (Å²) in [4.78, 5) is 33.9. The maximum atomic E-state index is 13.6. The molecule has 10 heteroatoms. The van der Waals surface area contributed by atoms with E-state index in [-0.39, 0.29) is 5.69 Å². The van der Waals surface area contributed by atoms with E-state index in [1.54, 1.807) is 11.2 Å². The number of halogens is 2. The number of carbonyl (C=O) groups is 2. The number of rotatable bonds is 2. The van der Waals surface area contributed by atoms with Crippen LogP contribution < -0.4 is 5.32 Å². The Morgan fingerprint density at radius 2 is 1.90 bits per heavy atom. The third-order valence-electron chi connectivity index (χ3n) is 5.01. The van der Waals surface area contributed by atoms with Crippen LogP contribution in [-0.4, -0.2) is 50.1 Å². The van der Waals surface area contributed by atoms with Gasteiger partial charge in [-0.1, -0.05) is 0 Å². The summed E-state index contributed by atoms with van der Waals surface area (Å²) in [6, 6.07) is 2.07. The van der Waals surface area contributed by atoms with Crippen LogP contribution in [0.15, 0.2) is 24.7 Å². The second-order valence-corrected chi connectivity index (χ2v) is 8.42. The van der Waals surface area contributed by atoms with E-state index in [1.807, 2.05) is 25.3 Å². The molecular weight excluding hydrogens is 408 g/mol. The molecule has 1 aromatic carbocycles. The van der Waals surface area contributed by atoms with Gasteiger partial charge in [0.1, 0.15) is 11.3 Å². The SMILES string of the molecule is CC(C)(C)OC(=O)N1CCc2c(C(=O)Nc3c[nH]c4cc(F)c(F)cc34)ncn2CC1. The van der Waals surface area contributed by atoms with Crippen molar-refractivity contribution in [2.24, 2.45) is 0 Å². The number of nitrogens with one attached hydrogen (secondary N) is 2. The average molecular weight is 431 g/mol. The number of aromatic nitrogens is 3. The molecule has 0 atom stereocenters. The van der Waals surface area contributed by atoms with Crippen molar-refractivity contribution in [3.05, 3.63) is 47.7 Å². The molecule has 2 aromatic heterocycles. The van der Waals surface area contributed by atoms with E-state index in [0.717, 1.165) is 12.1 Å². The Hall–Kier alpha value is -3.43. The van der Waals surface area contributed by atoms with E-state index in [9.17, 15) is 18.4 Å². The largest absolute Gasteiger partial charge is 0.444 e. The van der Waals surface area contributed by atoms with Gasteiger partial charge in [-0.15, -0.1) is 0 Å². The summed E-state index contributed by atoms with van der Waals surface area (Å²) in [6.07, 6.45) is 3.06. The number of amides is 2. The minimum Gasteiger partial charge on any atom is -0.444 e. The molecule has 3 heterocycles. The quantitative estimate of drug-likeness (QED) is 0.647. The average Bonchev–Trinajstić information content (AvgIpc) is 3.18. The minimum absolute atomic E-state index is 0.225. The number of nitrogens with zero attached hydrogens (tertiary/aromatic N) is 3. The van der Waals surface area contributed by atoms with Gasteiger partial charge in [0.05, 0.1) is 23.2 Å². The van der Waals surface area contributed by atoms with Crippen molar-refractivity contribution in [3.8, 4) is 0 Å². The highest BCUT2D eigenvalue weighted by Crippen LogP contribution is 2.26. The van der Waals surface area contributed by atoms with Gasteiger partial charge in [0.25, 0.3) is 5.91 Å². The van der Waals surface area contributed by atoms with Crippen molar-refractivity contribution < 1.29 is 23.1 Å². The topological polar surface area (TPSA) is 92.2 Å². The molecule has 4 rings (SSSR count). The molecule has 0 radical (unpaired) electrons. The number of benzene rings is 1. The highest BCUT2D eigenvalue weighted by molar-refractivity contribution is 6.08. The number of anilines is 1. The summed E-state index contributed by atoms with van der Waals surface area (Å²) >= 11 is 0. The Morgan fingerprint density at radius 1 is 1.16 bits per heavy atom. The van der Waals surface area contributed by atoms with E-state index in [1.165, 1.54) is 6.20 Å². The molecule has 2 amide bonds. The highest BCUT2D eigenvalue weighted by Gasteiger charge is 2.27. The Balaban J connectivity index is 1.51. The maximum absolute atomic E-state index is 13.6. The summed E-state index contributed by atoms with van der Waals surface area (Å²) < 4.78 is 34.3. The van der Waals surface area contributed by atoms with Gasteiger partial charge in [-0.2, -0.15) is 0 Å². The zero-order valence-electron chi connectivity index (χ0n) is 17.5. The van der Waals surface area contributed by atoms with Crippen LogP contribution in [0.2, 0.25) is 0 Å². The van der Waals surface area contributed by atoms with Crippen molar-refractivity contribution in [2.45, 2.75) is 39.3 Å². The maximum Gasteiger partial charge on any atom is 0.410 e. The molecule has 1 aliphatic heterocycles. The van der Waals surface area contributed by atoms with Gasteiger partial charge >= 0.3 is 6.09 Å². The first kappa shape index (κ1) is 20.8. The van der Waals surface area contributed by atoms with Crippen LogP contribution in [0.4, 0.5) is 19.3 Å². The third kappa shape index (κ3) is 4.23. The molecule has 0 unspecified atom stereocenters. The fourth-order valence-corrected chi connectivity index (χ4v) is 3.54. The van der Waals surface area contributed by atoms with E-state index in [4.69, 9.17) is 4.74 Å². The van der Waals surface area contributed by atoms with Gasteiger partial charge < -0.3 is 24.5 Å². The van der Waals surface area contributed by atoms with Crippen molar-refractivity contribution >= 4 is 28.6 Å². The number of hydrogen-bond acceptors (Lipinski definition) is 4. The molecule has 0 fully saturated rings. The zero-order valence-corrected chi connectivity index (χ0v) is 17.5. The van der Waals surface area contributed by atoms with Crippen molar-refractivity contribution in [2.75, 3.05) is 18.4 Å². The molecule has 0 spiro atoms. The molecule has 164 valence electrons. The van der Waals surface area contributed by atoms with Crippen LogP contribution in [0.1, 0.15) is 37.0 Å². The smallest absolute Gasteiger partial charge is 0.410 e. The number of carbonyl (C=O) groups excluding carboxylic acids is 2. The molecule has 0 saturated heterocycles. The van der Waals surface area contributed by atoms with Gasteiger partial charge in [-0.05, 0) is 26.8 Å². The first-order chi connectivity index (χ1) is 14.6. The lowest BCUT2D eigenvalue weighted by Crippen LogP contribution is -2.38. The van der Waals surface area contributed by atoms with Crippen LogP contribution in [0.25, 0.3) is 10.9 Å². The number of ether oxygens (including phenoxy) is 1. The zero-order chi connectivity index (χ0) is 22.3. The van der Waals surface area contributed by atoms with E-state index in [0.29, 0.717) is 48.3 Å². The molecule has 8 nitrogen and oxygen atoms in total. The molecule has 31 heavy (non-hydrogen) atoms. The Labute approximate surface area is 177 Å². The van der Waals surface area contributed by atoms with Crippen LogP contribution >= 0.6 is 0 Å². The Morgan fingerprint density at radius 3 is 2.65 bits per heavy atom. The predicted octanol–water partition coefficient (Wildman–Crippen LogP) is 3.69. The van der Waals surface area contributed by atoms with Gasteiger partial charge in [-0.3, -0.25) is 4.79 Å². The summed E-state index contributed by atoms with van der Waals surface area (Å²) in [5, 5.41) is 3.06. The molecule has 0 saturated carbocycles. The van der Waals surface area contributed by atoms with Gasteiger partial charge in [-0.25, -0.2) is 18.6 Å². The predicted molar refractivity (Wildman–Crippen MR) is 110 cm³/mol. The molecule has 3 aromatic rings. The summed E-state index contributed by atoms with van der Waals surface area (Å²) in [7, 11) is 0. The van der Waals surface area contributed by atoms with E-state index < -0.39 is 29.2 Å². The van der Waals surface area contributed by atoms with Gasteiger partial charge in [0.2, 0.25) is 0 Å². The molecule has 2 N–H and O–H groups in total. The molecular formula is C21H23F2N5O3. The summed E-state index contributed by atoms with van der Waals surface area (Å²) in [5.74, 6) is -2.44. The van der Waals surface area contributed by atoms with Crippen LogP contribution in [0.3, 0.4) is 0 Å². The first-order valence-corrected chi connectivity index (χ1v) is 9.92. The number of aromatic amines is 1. The number of imidazole rings is 1. The van der Waals surface area contributed by atoms with Crippen molar-refractivity contribution in [1.82, 2.24) is 19.4 Å². The molecule has 1 aliphatic rings. The summed E-state index contributed by atoms with van der Waals surface area (Å²) in [6.45, 7) is 6.73. The van der Waals surface area contributed by atoms with Crippen LogP contribution in [-0.2, 0) is 17.7 Å². The second kappa shape index (κ2) is 7.68. The van der Waals surface area contributed by atoms with E-state index in [2.05, 4.69) is 15.3 Å². The fraction of sp³-hybridized carbons (Fsp3) is 0.381. The Kier molecular flexibility index (Phi) is 5.16. The summed E-state index contributed by atoms with van der Waals surface area (Å²) in [5.41, 5.74) is 1.02. The Bertz CT molecular complexity index is 1160. The monoisotopic (exact) mass is 431 g/mol. The normalized spacial score (nSPS) is 14.3. The fourth-order valence-electron chi connectivity index (χ4n) is 3.54. The van der Waals surface area contributed by atoms with Gasteiger partial charge in [0, 0.05) is 43.7 Å². The standard InChI is InChI=1S/C21H23F2N5O3/c1-21(2,3)31-20(30)27-5-4-17-18(25-11-28(17)7-6-27)19(29)26-16-10-24-15-9-14(23)13(22)8-12(15)16/h8-11,24H,4-7H2,1-3H3,(H,26,29). The number of H-pyrrole nitrogens is 1. The van der Waals surface area contributed by atoms with Gasteiger partial charge in [0.15, 0.2) is 11.6 Å². The van der Waals surface area contributed by atoms with Crippen molar-refractivity contribution in [3.63, 3.8) is 0 Å². The lowest BCUT2D eigenvalue weighted by Gasteiger charge is -2.26. The lowest BCUT2D eigenvalue weighted by molar-refractivity contribution is 0.0254.